The molecule has 1 saturated heterocycles. The molecule has 7 nitrogen and oxygen atoms in total. The first-order valence-corrected chi connectivity index (χ1v) is 14.3. The van der Waals surface area contributed by atoms with Crippen LogP contribution < -0.4 is 10.6 Å². The van der Waals surface area contributed by atoms with Gasteiger partial charge in [-0.15, -0.1) is 11.8 Å². The van der Waals surface area contributed by atoms with Crippen molar-refractivity contribution in [1.29, 1.82) is 0 Å². The van der Waals surface area contributed by atoms with Crippen molar-refractivity contribution < 1.29 is 19.5 Å². The van der Waals surface area contributed by atoms with Gasteiger partial charge in [0.1, 0.15) is 6.04 Å². The van der Waals surface area contributed by atoms with Gasteiger partial charge in [0.05, 0.1) is 5.88 Å². The zero-order valence-corrected chi connectivity index (χ0v) is 21.3. The molecule has 3 rings (SSSR count). The van der Waals surface area contributed by atoms with Gasteiger partial charge < -0.3 is 20.6 Å². The quantitative estimate of drug-likeness (QED) is 0.492. The van der Waals surface area contributed by atoms with Crippen molar-refractivity contribution in [3.05, 3.63) is 0 Å². The van der Waals surface area contributed by atoms with E-state index in [1.54, 1.807) is 6.92 Å². The van der Waals surface area contributed by atoms with E-state index in [-0.39, 0.29) is 17.1 Å². The lowest BCUT2D eigenvalue weighted by atomic mass is 9.91. The molecule has 9 heteroatoms. The second-order valence-electron chi connectivity index (χ2n) is 9.03. The highest BCUT2D eigenvalue weighted by Crippen LogP contribution is 2.24. The number of thioether (sulfide) groups is 2. The predicted molar refractivity (Wildman–Crippen MR) is 133 cm³/mol. The first-order chi connectivity index (χ1) is 15.4. The maximum atomic E-state index is 12.1. The smallest absolute Gasteiger partial charge is 0.327 e. The van der Waals surface area contributed by atoms with Gasteiger partial charge in [0.2, 0.25) is 5.91 Å². The van der Waals surface area contributed by atoms with Crippen molar-refractivity contribution >= 4 is 40.6 Å². The van der Waals surface area contributed by atoms with Crippen LogP contribution in [0.5, 0.6) is 0 Å². The van der Waals surface area contributed by atoms with E-state index in [9.17, 15) is 14.4 Å². The van der Waals surface area contributed by atoms with Crippen molar-refractivity contribution in [2.45, 2.75) is 96.2 Å². The molecule has 1 unspecified atom stereocenters. The summed E-state index contributed by atoms with van der Waals surface area (Å²) in [6.07, 6.45) is 14.6. The number of aliphatic carboxylic acids is 1. The molecule has 2 amide bonds. The summed E-state index contributed by atoms with van der Waals surface area (Å²) in [4.78, 5) is 35.8. The molecule has 3 fully saturated rings. The summed E-state index contributed by atoms with van der Waals surface area (Å²) in [6, 6.07) is 1.00. The number of hydrogen-bond acceptors (Lipinski definition) is 6. The summed E-state index contributed by atoms with van der Waals surface area (Å²) in [5.41, 5.74) is 0. The second-order valence-corrected chi connectivity index (χ2v) is 11.0. The third-order valence-corrected chi connectivity index (χ3v) is 8.42. The predicted octanol–water partition coefficient (Wildman–Crippen LogP) is 4.31. The molecule has 32 heavy (non-hydrogen) atoms. The summed E-state index contributed by atoms with van der Waals surface area (Å²) < 4.78 is 0. The minimum absolute atomic E-state index is 0.160. The van der Waals surface area contributed by atoms with Crippen LogP contribution in [0.2, 0.25) is 0 Å². The monoisotopic (exact) mass is 487 g/mol. The molecule has 0 aromatic heterocycles. The number of amides is 2. The third-order valence-electron chi connectivity index (χ3n) is 6.34. The first-order valence-electron chi connectivity index (χ1n) is 12.2. The van der Waals surface area contributed by atoms with Crippen LogP contribution in [-0.4, -0.2) is 69.2 Å². The van der Waals surface area contributed by atoms with Gasteiger partial charge in [0, 0.05) is 36.1 Å². The molecule has 1 aliphatic heterocycles. The first kappa shape index (κ1) is 27.3. The lowest BCUT2D eigenvalue weighted by molar-refractivity contribution is -0.148. The molecule has 2 aliphatic carbocycles. The number of hydrogen-bond donors (Lipinski definition) is 3. The van der Waals surface area contributed by atoms with Crippen molar-refractivity contribution in [2.75, 3.05) is 23.9 Å². The fourth-order valence-electron chi connectivity index (χ4n) is 4.49. The zero-order valence-electron chi connectivity index (χ0n) is 19.6. The highest BCUT2D eigenvalue weighted by Gasteiger charge is 2.36. The lowest BCUT2D eigenvalue weighted by Gasteiger charge is -2.30. The molecule has 0 radical (unpaired) electrons. The molecule has 184 valence electrons. The van der Waals surface area contributed by atoms with Gasteiger partial charge in [0.25, 0.3) is 5.24 Å². The number of rotatable bonds is 7. The molecule has 0 spiro atoms. The Bertz CT molecular complexity index is 580. The highest BCUT2D eigenvalue weighted by molar-refractivity contribution is 8.13. The Labute approximate surface area is 201 Å². The van der Waals surface area contributed by atoms with Crippen LogP contribution in [0.25, 0.3) is 0 Å². The molecule has 2 atom stereocenters. The van der Waals surface area contributed by atoms with Gasteiger partial charge in [-0.3, -0.25) is 9.59 Å². The fourth-order valence-corrected chi connectivity index (χ4v) is 6.43. The van der Waals surface area contributed by atoms with Crippen LogP contribution in [0.1, 0.15) is 78.1 Å². The Morgan fingerprint density at radius 2 is 1.59 bits per heavy atom. The van der Waals surface area contributed by atoms with Gasteiger partial charge in [-0.25, -0.2) is 4.79 Å². The Hall–Kier alpha value is -0.930. The molecule has 3 N–H and O–H groups in total. The summed E-state index contributed by atoms with van der Waals surface area (Å²) in [5.74, 6) is -0.342. The van der Waals surface area contributed by atoms with E-state index < -0.39 is 12.0 Å². The molecule has 1 heterocycles. The summed E-state index contributed by atoms with van der Waals surface area (Å²) in [7, 11) is 0. The van der Waals surface area contributed by atoms with Crippen molar-refractivity contribution in [3.8, 4) is 0 Å². The van der Waals surface area contributed by atoms with Crippen molar-refractivity contribution in [2.24, 2.45) is 5.92 Å². The molecule has 0 aromatic rings. The third kappa shape index (κ3) is 9.51. The summed E-state index contributed by atoms with van der Waals surface area (Å²) >= 11 is 2.49. The van der Waals surface area contributed by atoms with Crippen LogP contribution >= 0.6 is 23.5 Å². The minimum atomic E-state index is -0.970. The summed E-state index contributed by atoms with van der Waals surface area (Å²) in [5, 5.41) is 15.4. The zero-order chi connectivity index (χ0) is 23.3. The van der Waals surface area contributed by atoms with E-state index in [1.165, 1.54) is 80.9 Å². The van der Waals surface area contributed by atoms with Crippen molar-refractivity contribution in [3.63, 3.8) is 0 Å². The Morgan fingerprint density at radius 3 is 2.09 bits per heavy atom. The van der Waals surface area contributed by atoms with Crippen LogP contribution in [0, 0.1) is 5.92 Å². The van der Waals surface area contributed by atoms with E-state index >= 15 is 0 Å². The molecule has 0 bridgehead atoms. The molecule has 2 saturated carbocycles. The Morgan fingerprint density at radius 1 is 1.03 bits per heavy atom. The number of nitrogens with one attached hydrogen (secondary N) is 2. The standard InChI is InChI=1S/C12H23N.C11H18N2O4S2/c1-3-7-11(8-4-1)13-12-9-5-2-6-10-12;1-3-12-11(17)19-4-7(2)9(14)13-6-18-5-8(13)10(15)16/h11-13H,1-10H2;7-8H,3-6H2,1-2H3,(H,12,17)(H,15,16)/t;7?,8-/m.0/s1. The van der Waals surface area contributed by atoms with E-state index in [0.29, 0.717) is 23.9 Å². The minimum Gasteiger partial charge on any atom is -0.480 e. The number of carboxylic acids is 1. The highest BCUT2D eigenvalue weighted by atomic mass is 32.2. The number of carboxylic acid groups (broad SMARTS) is 1. The largest absolute Gasteiger partial charge is 0.480 e. The maximum Gasteiger partial charge on any atom is 0.327 e. The van der Waals surface area contributed by atoms with Crippen LogP contribution in [0.15, 0.2) is 0 Å². The number of carbonyl (C=O) groups excluding carboxylic acids is 2. The second kappa shape index (κ2) is 15.1. The molecular formula is C23H41N3O4S2. The van der Waals surface area contributed by atoms with Crippen LogP contribution in [-0.2, 0) is 9.59 Å². The van der Waals surface area contributed by atoms with Gasteiger partial charge in [-0.2, -0.15) is 0 Å². The molecule has 3 aliphatic rings. The normalized spacial score (nSPS) is 23.2. The topological polar surface area (TPSA) is 98.7 Å². The fraction of sp³-hybridized carbons (Fsp3) is 0.870. The molecule has 0 aromatic carbocycles. The van der Waals surface area contributed by atoms with Crippen molar-refractivity contribution in [1.82, 2.24) is 15.5 Å². The summed E-state index contributed by atoms with van der Waals surface area (Å²) in [6.45, 7) is 4.10. The van der Waals surface area contributed by atoms with E-state index in [0.717, 1.165) is 23.8 Å². The van der Waals surface area contributed by atoms with Crippen LogP contribution in [0.3, 0.4) is 0 Å². The Balaban J connectivity index is 0.000000242. The van der Waals surface area contributed by atoms with Gasteiger partial charge in [-0.05, 0) is 32.6 Å². The van der Waals surface area contributed by atoms with E-state index in [2.05, 4.69) is 10.6 Å². The average molecular weight is 488 g/mol. The van der Waals surface area contributed by atoms with Gasteiger partial charge in [0.15, 0.2) is 0 Å². The average Bonchev–Trinajstić information content (AvgIpc) is 3.29. The number of nitrogens with zero attached hydrogens (tertiary/aromatic N) is 1. The number of carbonyl (C=O) groups is 3. The molecular weight excluding hydrogens is 446 g/mol. The van der Waals surface area contributed by atoms with E-state index in [1.807, 2.05) is 6.92 Å². The van der Waals surface area contributed by atoms with Gasteiger partial charge >= 0.3 is 5.97 Å². The Kier molecular flexibility index (Phi) is 12.9. The van der Waals surface area contributed by atoms with Gasteiger partial charge in [-0.1, -0.05) is 57.2 Å². The van der Waals surface area contributed by atoms with Crippen LogP contribution in [0.4, 0.5) is 4.79 Å². The van der Waals surface area contributed by atoms with E-state index in [4.69, 9.17) is 5.11 Å². The maximum absolute atomic E-state index is 12.1. The SMILES string of the molecule is C1CCC(NC2CCCCC2)CC1.CCNC(=O)SCC(C)C(=O)N1CSC[C@H]1C(=O)O. The lowest BCUT2D eigenvalue weighted by Crippen LogP contribution is -2.44.